The van der Waals surface area contributed by atoms with Gasteiger partial charge in [-0.05, 0) is 24.6 Å². The number of nitrogens with one attached hydrogen (secondary N) is 1. The minimum atomic E-state index is -4.45. The molecule has 7 heteroatoms. The van der Waals surface area contributed by atoms with E-state index in [-0.39, 0.29) is 17.5 Å². The second kappa shape index (κ2) is 6.28. The molecule has 0 aliphatic heterocycles. The molecule has 0 saturated carbocycles. The van der Waals surface area contributed by atoms with Crippen LogP contribution in [0.3, 0.4) is 0 Å². The molecular weight excluding hydrogens is 311 g/mol. The number of carbonyl (C=O) groups excluding carboxylic acids is 1. The molecule has 0 aliphatic rings. The van der Waals surface area contributed by atoms with Crippen molar-refractivity contribution in [1.29, 1.82) is 0 Å². The second-order valence-electron chi connectivity index (χ2n) is 5.03. The van der Waals surface area contributed by atoms with E-state index in [2.05, 4.69) is 9.72 Å². The van der Waals surface area contributed by atoms with Gasteiger partial charge in [0.15, 0.2) is 0 Å². The summed E-state index contributed by atoms with van der Waals surface area (Å²) in [6, 6.07) is 6.06. The molecule has 0 radical (unpaired) electrons. The van der Waals surface area contributed by atoms with Gasteiger partial charge in [-0.1, -0.05) is 18.2 Å². The smallest absolute Gasteiger partial charge is 0.416 e. The number of aryl methyl sites for hydroxylation is 1. The highest BCUT2D eigenvalue weighted by atomic mass is 19.4. The Bertz CT molecular complexity index is 794. The lowest BCUT2D eigenvalue weighted by molar-refractivity contribution is -0.137. The van der Waals surface area contributed by atoms with E-state index in [0.717, 1.165) is 12.1 Å². The molecule has 0 bridgehead atoms. The lowest BCUT2D eigenvalue weighted by Gasteiger charge is -2.10. The summed E-state index contributed by atoms with van der Waals surface area (Å²) in [6.45, 7) is 1.54. The van der Waals surface area contributed by atoms with E-state index in [1.54, 1.807) is 6.92 Å². The minimum absolute atomic E-state index is 0.0243. The fourth-order valence-electron chi connectivity index (χ4n) is 2.20. The summed E-state index contributed by atoms with van der Waals surface area (Å²) in [5, 5.41) is 0. The van der Waals surface area contributed by atoms with Crippen LogP contribution in [-0.4, -0.2) is 18.1 Å². The van der Waals surface area contributed by atoms with Crippen LogP contribution in [0.1, 0.15) is 32.7 Å². The van der Waals surface area contributed by atoms with Crippen LogP contribution >= 0.6 is 0 Å². The molecule has 122 valence electrons. The summed E-state index contributed by atoms with van der Waals surface area (Å²) >= 11 is 0. The lowest BCUT2D eigenvalue weighted by Crippen LogP contribution is -2.18. The van der Waals surface area contributed by atoms with Gasteiger partial charge in [0.1, 0.15) is 0 Å². The van der Waals surface area contributed by atoms with Crippen LogP contribution in [0.4, 0.5) is 13.2 Å². The number of pyridine rings is 1. The molecule has 1 heterocycles. The zero-order valence-electron chi connectivity index (χ0n) is 12.5. The highest BCUT2D eigenvalue weighted by Gasteiger charge is 2.30. The SMILES string of the molecule is COC(=O)c1cc(Cc2cccc(C(F)(F)F)c2)c(=O)[nH]c1C. The fraction of sp³-hybridized carbons (Fsp3) is 0.250. The van der Waals surface area contributed by atoms with Gasteiger partial charge in [-0.15, -0.1) is 0 Å². The van der Waals surface area contributed by atoms with Gasteiger partial charge in [-0.25, -0.2) is 4.79 Å². The number of alkyl halides is 3. The number of hydrogen-bond donors (Lipinski definition) is 1. The van der Waals surface area contributed by atoms with Crippen molar-refractivity contribution in [3.05, 3.63) is 68.6 Å². The minimum Gasteiger partial charge on any atom is -0.465 e. The first-order chi connectivity index (χ1) is 10.7. The molecule has 1 aromatic carbocycles. The molecule has 0 spiro atoms. The summed E-state index contributed by atoms with van der Waals surface area (Å²) in [5.41, 5.74) is -0.205. The number of aromatic nitrogens is 1. The van der Waals surface area contributed by atoms with Crippen molar-refractivity contribution in [2.45, 2.75) is 19.5 Å². The number of carbonyl (C=O) groups is 1. The van der Waals surface area contributed by atoms with Crippen LogP contribution in [0.25, 0.3) is 0 Å². The Morgan fingerprint density at radius 3 is 2.57 bits per heavy atom. The fourth-order valence-corrected chi connectivity index (χ4v) is 2.20. The van der Waals surface area contributed by atoms with Crippen molar-refractivity contribution < 1.29 is 22.7 Å². The Morgan fingerprint density at radius 1 is 1.26 bits per heavy atom. The van der Waals surface area contributed by atoms with Gasteiger partial charge in [0.05, 0.1) is 18.2 Å². The Balaban J connectivity index is 2.41. The number of ether oxygens (including phenoxy) is 1. The first-order valence-corrected chi connectivity index (χ1v) is 6.69. The van der Waals surface area contributed by atoms with Gasteiger partial charge in [0, 0.05) is 17.7 Å². The Hall–Kier alpha value is -2.57. The monoisotopic (exact) mass is 325 g/mol. The summed E-state index contributed by atoms with van der Waals surface area (Å²) in [5.74, 6) is -0.621. The number of methoxy groups -OCH3 is 1. The number of rotatable bonds is 3. The Morgan fingerprint density at radius 2 is 1.96 bits per heavy atom. The molecule has 2 aromatic rings. The number of H-pyrrole nitrogens is 1. The third kappa shape index (κ3) is 3.80. The molecule has 1 N–H and O–H groups in total. The zero-order valence-corrected chi connectivity index (χ0v) is 12.5. The number of halogens is 3. The molecule has 1 aromatic heterocycles. The molecule has 4 nitrogen and oxygen atoms in total. The number of benzene rings is 1. The van der Waals surface area contributed by atoms with Crippen LogP contribution in [0, 0.1) is 6.92 Å². The van der Waals surface area contributed by atoms with Crippen LogP contribution < -0.4 is 5.56 Å². The van der Waals surface area contributed by atoms with Crippen LogP contribution in [-0.2, 0) is 17.3 Å². The van der Waals surface area contributed by atoms with E-state index in [4.69, 9.17) is 0 Å². The largest absolute Gasteiger partial charge is 0.465 e. The molecule has 2 rings (SSSR count). The van der Waals surface area contributed by atoms with E-state index in [1.165, 1.54) is 25.3 Å². The third-order valence-electron chi connectivity index (χ3n) is 3.37. The van der Waals surface area contributed by atoms with Crippen LogP contribution in [0.2, 0.25) is 0 Å². The summed E-state index contributed by atoms with van der Waals surface area (Å²) in [4.78, 5) is 26.1. The Labute approximate surface area is 129 Å². The maximum Gasteiger partial charge on any atom is 0.416 e. The van der Waals surface area contributed by atoms with Gasteiger partial charge in [0.2, 0.25) is 0 Å². The summed E-state index contributed by atoms with van der Waals surface area (Å²) in [7, 11) is 1.21. The average Bonchev–Trinajstić information content (AvgIpc) is 2.48. The maximum atomic E-state index is 12.7. The molecule has 0 atom stereocenters. The summed E-state index contributed by atoms with van der Waals surface area (Å²) in [6.07, 6.45) is -4.48. The maximum absolute atomic E-state index is 12.7. The first kappa shape index (κ1) is 16.8. The topological polar surface area (TPSA) is 59.2 Å². The van der Waals surface area contributed by atoms with E-state index in [1.807, 2.05) is 0 Å². The zero-order chi connectivity index (χ0) is 17.2. The normalized spacial score (nSPS) is 11.3. The van der Waals surface area contributed by atoms with Gasteiger partial charge >= 0.3 is 12.1 Å². The molecule has 0 aliphatic carbocycles. The van der Waals surface area contributed by atoms with Gasteiger partial charge in [0.25, 0.3) is 5.56 Å². The molecule has 0 saturated heterocycles. The average molecular weight is 325 g/mol. The first-order valence-electron chi connectivity index (χ1n) is 6.69. The van der Waals surface area contributed by atoms with E-state index in [9.17, 15) is 22.8 Å². The van der Waals surface area contributed by atoms with Crippen LogP contribution in [0.5, 0.6) is 0 Å². The number of esters is 1. The molecule has 0 unspecified atom stereocenters. The number of aromatic amines is 1. The predicted octanol–water partition coefficient (Wildman–Crippen LogP) is 3.08. The van der Waals surface area contributed by atoms with Gasteiger partial charge < -0.3 is 9.72 Å². The summed E-state index contributed by atoms with van der Waals surface area (Å²) < 4.78 is 42.8. The van der Waals surface area contributed by atoms with Crippen molar-refractivity contribution >= 4 is 5.97 Å². The highest BCUT2D eigenvalue weighted by Crippen LogP contribution is 2.29. The molecule has 0 amide bonds. The molecule has 0 fully saturated rings. The van der Waals surface area contributed by atoms with E-state index >= 15 is 0 Å². The van der Waals surface area contributed by atoms with Crippen LogP contribution in [0.15, 0.2) is 35.1 Å². The van der Waals surface area contributed by atoms with Crippen molar-refractivity contribution in [3.8, 4) is 0 Å². The van der Waals surface area contributed by atoms with Gasteiger partial charge in [-0.2, -0.15) is 13.2 Å². The van der Waals surface area contributed by atoms with Crippen molar-refractivity contribution in [2.75, 3.05) is 7.11 Å². The quantitative estimate of drug-likeness (QED) is 0.882. The van der Waals surface area contributed by atoms with Crippen molar-refractivity contribution in [3.63, 3.8) is 0 Å². The third-order valence-corrected chi connectivity index (χ3v) is 3.37. The molecular formula is C16H14F3NO3. The van der Waals surface area contributed by atoms with Crippen molar-refractivity contribution in [1.82, 2.24) is 4.98 Å². The predicted molar refractivity (Wildman–Crippen MR) is 77.4 cm³/mol. The second-order valence-corrected chi connectivity index (χ2v) is 5.03. The van der Waals surface area contributed by atoms with E-state index < -0.39 is 23.3 Å². The standard InChI is InChI=1S/C16H14F3NO3/c1-9-13(15(22)23-2)8-11(14(21)20-9)6-10-4-3-5-12(7-10)16(17,18)19/h3-5,7-8H,6H2,1-2H3,(H,20,21). The Kier molecular flexibility index (Phi) is 4.58. The lowest BCUT2D eigenvalue weighted by atomic mass is 10.0. The van der Waals surface area contributed by atoms with E-state index in [0.29, 0.717) is 11.3 Å². The highest BCUT2D eigenvalue weighted by molar-refractivity contribution is 5.90. The van der Waals surface area contributed by atoms with Gasteiger partial charge in [-0.3, -0.25) is 4.79 Å². The van der Waals surface area contributed by atoms with Crippen molar-refractivity contribution in [2.24, 2.45) is 0 Å². The molecule has 23 heavy (non-hydrogen) atoms. The number of hydrogen-bond acceptors (Lipinski definition) is 3.